The molecule has 4 heteroatoms. The van der Waals surface area contributed by atoms with Crippen LogP contribution < -0.4 is 0 Å². The van der Waals surface area contributed by atoms with Gasteiger partial charge in [0.05, 0.1) is 19.1 Å². The Kier molecular flexibility index (Phi) is 4.54. The number of hydrogen-bond acceptors (Lipinski definition) is 4. The normalized spacial score (nSPS) is 25.5. The second-order valence-corrected chi connectivity index (χ2v) is 5.15. The first-order valence-electron chi connectivity index (χ1n) is 6.38. The van der Waals surface area contributed by atoms with Gasteiger partial charge in [-0.1, -0.05) is 19.9 Å². The summed E-state index contributed by atoms with van der Waals surface area (Å²) in [5.41, 5.74) is 0.418. The minimum atomic E-state index is -0.317. The number of allylic oxidation sites excluding steroid dienone is 1. The SMILES string of the molecule is CCOC(=O)/C(C)=C/[C@H]1[C@H](C(=O)OCC)C1(C)C. The van der Waals surface area contributed by atoms with Gasteiger partial charge in [-0.15, -0.1) is 0 Å². The minimum Gasteiger partial charge on any atom is -0.466 e. The van der Waals surface area contributed by atoms with Crippen LogP contribution >= 0.6 is 0 Å². The van der Waals surface area contributed by atoms with Gasteiger partial charge in [0.2, 0.25) is 0 Å². The van der Waals surface area contributed by atoms with E-state index in [4.69, 9.17) is 9.47 Å². The van der Waals surface area contributed by atoms with E-state index >= 15 is 0 Å². The third kappa shape index (κ3) is 2.92. The Morgan fingerprint density at radius 3 is 2.22 bits per heavy atom. The third-order valence-corrected chi connectivity index (χ3v) is 3.48. The molecule has 0 heterocycles. The molecule has 0 bridgehead atoms. The van der Waals surface area contributed by atoms with Crippen molar-refractivity contribution < 1.29 is 19.1 Å². The summed E-state index contributed by atoms with van der Waals surface area (Å²) < 4.78 is 9.96. The van der Waals surface area contributed by atoms with Crippen LogP contribution in [0.4, 0.5) is 0 Å². The molecular formula is C14H22O4. The highest BCUT2D eigenvalue weighted by Crippen LogP contribution is 2.59. The van der Waals surface area contributed by atoms with Gasteiger partial charge < -0.3 is 9.47 Å². The quantitative estimate of drug-likeness (QED) is 0.558. The molecule has 0 spiro atoms. The minimum absolute atomic E-state index is 0.0564. The molecule has 0 aromatic rings. The van der Waals surface area contributed by atoms with E-state index in [1.165, 1.54) is 0 Å². The molecule has 0 aliphatic heterocycles. The summed E-state index contributed by atoms with van der Waals surface area (Å²) in [5.74, 6) is -0.592. The molecule has 0 unspecified atom stereocenters. The maximum absolute atomic E-state index is 11.7. The van der Waals surface area contributed by atoms with E-state index in [1.807, 2.05) is 19.9 Å². The lowest BCUT2D eigenvalue weighted by atomic mass is 10.1. The first-order valence-corrected chi connectivity index (χ1v) is 6.38. The summed E-state index contributed by atoms with van der Waals surface area (Å²) in [6.07, 6.45) is 1.83. The van der Waals surface area contributed by atoms with Crippen molar-refractivity contribution in [3.05, 3.63) is 11.6 Å². The predicted octanol–water partition coefficient (Wildman–Crippen LogP) is 2.33. The molecule has 1 fully saturated rings. The lowest BCUT2D eigenvalue weighted by Gasteiger charge is -2.02. The first kappa shape index (κ1) is 14.7. The molecule has 1 aliphatic carbocycles. The highest BCUT2D eigenvalue weighted by molar-refractivity contribution is 5.88. The molecule has 102 valence electrons. The first-order chi connectivity index (χ1) is 8.36. The van der Waals surface area contributed by atoms with Gasteiger partial charge in [0, 0.05) is 5.57 Å². The largest absolute Gasteiger partial charge is 0.466 e. The number of carbonyl (C=O) groups excluding carboxylic acids is 2. The average Bonchev–Trinajstić information content (AvgIpc) is 2.81. The lowest BCUT2D eigenvalue weighted by molar-refractivity contribution is -0.145. The summed E-state index contributed by atoms with van der Waals surface area (Å²) in [7, 11) is 0. The monoisotopic (exact) mass is 254 g/mol. The zero-order valence-electron chi connectivity index (χ0n) is 11.8. The number of ether oxygens (including phenoxy) is 2. The van der Waals surface area contributed by atoms with Crippen molar-refractivity contribution in [3.63, 3.8) is 0 Å². The van der Waals surface area contributed by atoms with E-state index in [0.717, 1.165) is 0 Å². The predicted molar refractivity (Wildman–Crippen MR) is 67.8 cm³/mol. The van der Waals surface area contributed by atoms with Gasteiger partial charge in [-0.3, -0.25) is 4.79 Å². The van der Waals surface area contributed by atoms with E-state index in [2.05, 4.69) is 0 Å². The fourth-order valence-corrected chi connectivity index (χ4v) is 2.25. The van der Waals surface area contributed by atoms with Gasteiger partial charge in [0.15, 0.2) is 0 Å². The van der Waals surface area contributed by atoms with Crippen molar-refractivity contribution >= 4 is 11.9 Å². The van der Waals surface area contributed by atoms with Crippen LogP contribution in [-0.4, -0.2) is 25.2 Å². The van der Waals surface area contributed by atoms with Gasteiger partial charge in [0.1, 0.15) is 0 Å². The molecular weight excluding hydrogens is 232 g/mol. The maximum atomic E-state index is 11.7. The van der Waals surface area contributed by atoms with Crippen LogP contribution in [0.5, 0.6) is 0 Å². The second kappa shape index (κ2) is 5.55. The van der Waals surface area contributed by atoms with Crippen LogP contribution in [0.15, 0.2) is 11.6 Å². The van der Waals surface area contributed by atoms with Gasteiger partial charge >= 0.3 is 11.9 Å². The van der Waals surface area contributed by atoms with Crippen molar-refractivity contribution in [2.75, 3.05) is 13.2 Å². The third-order valence-electron chi connectivity index (χ3n) is 3.48. The second-order valence-electron chi connectivity index (χ2n) is 5.15. The van der Waals surface area contributed by atoms with Crippen LogP contribution in [0.1, 0.15) is 34.6 Å². The van der Waals surface area contributed by atoms with Crippen LogP contribution in [0.2, 0.25) is 0 Å². The Morgan fingerprint density at radius 1 is 1.17 bits per heavy atom. The van der Waals surface area contributed by atoms with Crippen molar-refractivity contribution in [1.82, 2.24) is 0 Å². The van der Waals surface area contributed by atoms with Crippen LogP contribution in [0.25, 0.3) is 0 Å². The summed E-state index contributed by atoms with van der Waals surface area (Å²) in [6.45, 7) is 10.0. The molecule has 2 atom stereocenters. The van der Waals surface area contributed by atoms with Gasteiger partial charge in [-0.25, -0.2) is 4.79 Å². The molecule has 1 rings (SSSR count). The molecule has 0 aromatic carbocycles. The van der Waals surface area contributed by atoms with Gasteiger partial charge in [-0.2, -0.15) is 0 Å². The number of esters is 2. The van der Waals surface area contributed by atoms with E-state index < -0.39 is 0 Å². The van der Waals surface area contributed by atoms with Crippen molar-refractivity contribution in [3.8, 4) is 0 Å². The number of rotatable bonds is 5. The van der Waals surface area contributed by atoms with Crippen LogP contribution in [0.3, 0.4) is 0 Å². The standard InChI is InChI=1S/C14H22O4/c1-6-17-12(15)9(3)8-10-11(14(10,4)5)13(16)18-7-2/h8,10-11H,6-7H2,1-5H3/b9-8+/t10-,11+/m0/s1. The summed E-state index contributed by atoms with van der Waals surface area (Å²) in [5, 5.41) is 0. The Hall–Kier alpha value is -1.32. The topological polar surface area (TPSA) is 52.6 Å². The highest BCUT2D eigenvalue weighted by Gasteiger charge is 2.61. The molecule has 0 saturated heterocycles. The summed E-state index contributed by atoms with van der Waals surface area (Å²) >= 11 is 0. The Balaban J connectivity index is 2.71. The number of carbonyl (C=O) groups is 2. The molecule has 0 N–H and O–H groups in total. The summed E-state index contributed by atoms with van der Waals surface area (Å²) in [4.78, 5) is 23.3. The molecule has 0 amide bonds. The van der Waals surface area contributed by atoms with E-state index in [9.17, 15) is 9.59 Å². The van der Waals surface area contributed by atoms with Gasteiger partial charge in [0.25, 0.3) is 0 Å². The van der Waals surface area contributed by atoms with Crippen molar-refractivity contribution in [2.24, 2.45) is 17.3 Å². The maximum Gasteiger partial charge on any atom is 0.333 e. The average molecular weight is 254 g/mol. The smallest absolute Gasteiger partial charge is 0.333 e. The molecule has 0 radical (unpaired) electrons. The Morgan fingerprint density at radius 2 is 1.72 bits per heavy atom. The molecule has 18 heavy (non-hydrogen) atoms. The lowest BCUT2D eigenvalue weighted by Crippen LogP contribution is -2.10. The molecule has 1 saturated carbocycles. The highest BCUT2D eigenvalue weighted by atomic mass is 16.5. The Bertz CT molecular complexity index is 368. The zero-order chi connectivity index (χ0) is 13.9. The van der Waals surface area contributed by atoms with E-state index in [0.29, 0.717) is 18.8 Å². The van der Waals surface area contributed by atoms with Crippen molar-refractivity contribution in [2.45, 2.75) is 34.6 Å². The van der Waals surface area contributed by atoms with Crippen molar-refractivity contribution in [1.29, 1.82) is 0 Å². The Labute approximate surface area is 108 Å². The summed E-state index contributed by atoms with van der Waals surface area (Å²) in [6, 6.07) is 0. The van der Waals surface area contributed by atoms with E-state index in [1.54, 1.807) is 20.8 Å². The van der Waals surface area contributed by atoms with Crippen LogP contribution in [0, 0.1) is 17.3 Å². The number of hydrogen-bond donors (Lipinski definition) is 0. The van der Waals surface area contributed by atoms with Gasteiger partial charge in [-0.05, 0) is 32.1 Å². The molecule has 1 aliphatic rings. The molecule has 0 aromatic heterocycles. The molecule has 4 nitrogen and oxygen atoms in total. The fraction of sp³-hybridized carbons (Fsp3) is 0.714. The fourth-order valence-electron chi connectivity index (χ4n) is 2.25. The zero-order valence-corrected chi connectivity index (χ0v) is 11.8. The van der Waals surface area contributed by atoms with E-state index in [-0.39, 0.29) is 29.2 Å². The van der Waals surface area contributed by atoms with Crippen LogP contribution in [-0.2, 0) is 19.1 Å².